The molecule has 1 aromatic heterocycles. The second-order valence-corrected chi connectivity index (χ2v) is 10.2. The number of aliphatic hydroxyl groups is 1. The number of benzene rings is 1. The molecule has 0 radical (unpaired) electrons. The van der Waals surface area contributed by atoms with Gasteiger partial charge in [-0.1, -0.05) is 19.9 Å². The number of ether oxygens (including phenoxy) is 3. The molecule has 1 fully saturated rings. The first-order valence-electron chi connectivity index (χ1n) is 13.3. The number of morpholine rings is 1. The maximum absolute atomic E-state index is 13.5. The van der Waals surface area contributed by atoms with Crippen LogP contribution >= 0.6 is 0 Å². The van der Waals surface area contributed by atoms with Crippen molar-refractivity contribution in [2.24, 2.45) is 5.92 Å². The molecule has 1 unspecified atom stereocenters. The number of ketones is 1. The number of nitrogens with zero attached hydrogens (tertiary/aromatic N) is 2. The number of amides is 1. The summed E-state index contributed by atoms with van der Waals surface area (Å²) in [5, 5.41) is 10.9. The van der Waals surface area contributed by atoms with E-state index in [2.05, 4.69) is 18.7 Å². The van der Waals surface area contributed by atoms with Crippen molar-refractivity contribution in [2.75, 3.05) is 53.1 Å². The van der Waals surface area contributed by atoms with E-state index in [4.69, 9.17) is 18.6 Å². The Morgan fingerprint density at radius 2 is 1.89 bits per heavy atom. The number of Topliss-reactive ketones (excluding diaryl/α,β-unsaturated/α-hetero) is 1. The SMILES string of the molecule is COc1cc(C2C(C(=O)c3ccc(C)o3)=C(O)C(=O)N2CCCN2CCOCC2)ccc1OCCC(C)C. The zero-order chi connectivity index (χ0) is 27.2. The molecule has 1 aromatic carbocycles. The van der Waals surface area contributed by atoms with Gasteiger partial charge in [-0.25, -0.2) is 0 Å². The first-order chi connectivity index (χ1) is 18.3. The Bertz CT molecular complexity index is 1160. The highest BCUT2D eigenvalue weighted by molar-refractivity contribution is 6.15. The van der Waals surface area contributed by atoms with Gasteiger partial charge in [0.1, 0.15) is 5.76 Å². The van der Waals surface area contributed by atoms with Crippen molar-refractivity contribution < 1.29 is 33.3 Å². The molecule has 0 spiro atoms. The van der Waals surface area contributed by atoms with Gasteiger partial charge in [-0.2, -0.15) is 0 Å². The van der Waals surface area contributed by atoms with Gasteiger partial charge in [0.15, 0.2) is 23.0 Å². The van der Waals surface area contributed by atoms with Gasteiger partial charge < -0.3 is 28.6 Å². The molecule has 1 N–H and O–H groups in total. The number of carbonyl (C=O) groups is 2. The van der Waals surface area contributed by atoms with Crippen molar-refractivity contribution >= 4 is 11.7 Å². The summed E-state index contributed by atoms with van der Waals surface area (Å²) >= 11 is 0. The molecule has 0 bridgehead atoms. The molecule has 38 heavy (non-hydrogen) atoms. The first-order valence-corrected chi connectivity index (χ1v) is 13.3. The van der Waals surface area contributed by atoms with Gasteiger partial charge in [0.2, 0.25) is 5.78 Å². The summed E-state index contributed by atoms with van der Waals surface area (Å²) in [4.78, 5) is 30.7. The largest absolute Gasteiger partial charge is 0.503 e. The van der Waals surface area contributed by atoms with E-state index in [0.29, 0.717) is 61.5 Å². The Kier molecular flexibility index (Phi) is 9.12. The smallest absolute Gasteiger partial charge is 0.290 e. The number of methoxy groups -OCH3 is 1. The van der Waals surface area contributed by atoms with Crippen LogP contribution in [0.4, 0.5) is 0 Å². The fourth-order valence-electron chi connectivity index (χ4n) is 4.82. The molecule has 4 rings (SSSR count). The molecule has 0 aliphatic carbocycles. The normalized spacial score (nSPS) is 18.5. The van der Waals surface area contributed by atoms with E-state index in [1.807, 2.05) is 6.07 Å². The molecular weight excluding hydrogens is 488 g/mol. The van der Waals surface area contributed by atoms with Crippen LogP contribution < -0.4 is 9.47 Å². The fourth-order valence-corrected chi connectivity index (χ4v) is 4.82. The van der Waals surface area contributed by atoms with E-state index in [0.717, 1.165) is 26.1 Å². The quantitative estimate of drug-likeness (QED) is 0.408. The summed E-state index contributed by atoms with van der Waals surface area (Å²) in [6.07, 6.45) is 1.58. The molecule has 2 aliphatic heterocycles. The third-order valence-electron chi connectivity index (χ3n) is 6.95. The van der Waals surface area contributed by atoms with Crippen LogP contribution in [-0.2, 0) is 9.53 Å². The lowest BCUT2D eigenvalue weighted by Crippen LogP contribution is -2.39. The lowest BCUT2D eigenvalue weighted by atomic mass is 9.94. The Hall–Kier alpha value is -3.30. The van der Waals surface area contributed by atoms with Crippen LogP contribution in [0.2, 0.25) is 0 Å². The Balaban J connectivity index is 1.63. The topological polar surface area (TPSA) is 102 Å². The van der Waals surface area contributed by atoms with Crippen LogP contribution in [0.1, 0.15) is 54.6 Å². The van der Waals surface area contributed by atoms with Crippen LogP contribution in [0.5, 0.6) is 11.5 Å². The van der Waals surface area contributed by atoms with Crippen LogP contribution in [-0.4, -0.2) is 79.7 Å². The highest BCUT2D eigenvalue weighted by atomic mass is 16.5. The molecule has 9 nitrogen and oxygen atoms in total. The van der Waals surface area contributed by atoms with E-state index in [1.54, 1.807) is 43.2 Å². The van der Waals surface area contributed by atoms with E-state index in [1.165, 1.54) is 0 Å². The molecule has 0 saturated carbocycles. The van der Waals surface area contributed by atoms with Crippen LogP contribution in [0, 0.1) is 12.8 Å². The third-order valence-corrected chi connectivity index (χ3v) is 6.95. The minimum Gasteiger partial charge on any atom is -0.503 e. The highest BCUT2D eigenvalue weighted by Gasteiger charge is 2.44. The second kappa shape index (κ2) is 12.5. The minimum atomic E-state index is -0.788. The first kappa shape index (κ1) is 27.7. The Morgan fingerprint density at radius 3 is 2.55 bits per heavy atom. The second-order valence-electron chi connectivity index (χ2n) is 10.2. The standard InChI is InChI=1S/C29H38N2O7/c1-19(2)10-15-37-22-9-7-21(18-24(22)35-4)26-25(27(32)23-8-6-20(3)38-23)28(33)29(34)31(26)12-5-11-30-13-16-36-17-14-30/h6-9,18-19,26,33H,5,10-17H2,1-4H3. The van der Waals surface area contributed by atoms with E-state index in [9.17, 15) is 14.7 Å². The summed E-state index contributed by atoms with van der Waals surface area (Å²) in [7, 11) is 1.55. The average molecular weight is 527 g/mol. The summed E-state index contributed by atoms with van der Waals surface area (Å²) in [6, 6.07) is 7.84. The molecule has 2 aromatic rings. The number of aryl methyl sites for hydroxylation is 1. The van der Waals surface area contributed by atoms with Gasteiger partial charge in [-0.3, -0.25) is 14.5 Å². The van der Waals surface area contributed by atoms with Gasteiger partial charge in [-0.15, -0.1) is 0 Å². The molecule has 206 valence electrons. The third kappa shape index (κ3) is 6.22. The zero-order valence-corrected chi connectivity index (χ0v) is 22.7. The molecule has 1 saturated heterocycles. The summed E-state index contributed by atoms with van der Waals surface area (Å²) in [5.74, 6) is 0.612. The summed E-state index contributed by atoms with van der Waals surface area (Å²) in [5.41, 5.74) is 0.653. The minimum absolute atomic E-state index is 0.00579. The van der Waals surface area contributed by atoms with Gasteiger partial charge in [0, 0.05) is 26.2 Å². The van der Waals surface area contributed by atoms with Gasteiger partial charge in [-0.05, 0) is 55.5 Å². The van der Waals surface area contributed by atoms with Crippen molar-refractivity contribution in [1.29, 1.82) is 0 Å². The number of aliphatic hydroxyl groups excluding tert-OH is 1. The number of hydrogen-bond donors (Lipinski definition) is 1. The van der Waals surface area contributed by atoms with E-state index < -0.39 is 23.5 Å². The predicted octanol–water partition coefficient (Wildman–Crippen LogP) is 4.32. The average Bonchev–Trinajstić information content (AvgIpc) is 3.45. The molecule has 3 heterocycles. The Morgan fingerprint density at radius 1 is 1.13 bits per heavy atom. The summed E-state index contributed by atoms with van der Waals surface area (Å²) < 4.78 is 22.5. The van der Waals surface area contributed by atoms with Crippen molar-refractivity contribution in [1.82, 2.24) is 9.80 Å². The number of hydrogen-bond acceptors (Lipinski definition) is 8. The van der Waals surface area contributed by atoms with Crippen molar-refractivity contribution in [3.63, 3.8) is 0 Å². The van der Waals surface area contributed by atoms with E-state index in [-0.39, 0.29) is 11.3 Å². The number of rotatable bonds is 12. The van der Waals surface area contributed by atoms with E-state index >= 15 is 0 Å². The van der Waals surface area contributed by atoms with Crippen molar-refractivity contribution in [3.8, 4) is 11.5 Å². The predicted molar refractivity (Wildman–Crippen MR) is 142 cm³/mol. The lowest BCUT2D eigenvalue weighted by Gasteiger charge is -2.30. The molecule has 1 atom stereocenters. The van der Waals surface area contributed by atoms with Crippen LogP contribution in [0.15, 0.2) is 46.1 Å². The van der Waals surface area contributed by atoms with Gasteiger partial charge in [0.05, 0.1) is 38.5 Å². The molecular formula is C29H38N2O7. The van der Waals surface area contributed by atoms with Crippen molar-refractivity contribution in [3.05, 3.63) is 58.7 Å². The Labute approximate surface area is 223 Å². The van der Waals surface area contributed by atoms with Crippen LogP contribution in [0.25, 0.3) is 0 Å². The number of furan rings is 1. The summed E-state index contributed by atoms with van der Waals surface area (Å²) in [6.45, 7) is 10.8. The van der Waals surface area contributed by atoms with Gasteiger partial charge in [0.25, 0.3) is 5.91 Å². The number of carbonyl (C=O) groups excluding carboxylic acids is 2. The molecule has 2 aliphatic rings. The highest BCUT2D eigenvalue weighted by Crippen LogP contribution is 2.42. The zero-order valence-electron chi connectivity index (χ0n) is 22.7. The fraction of sp³-hybridized carbons (Fsp3) is 0.517. The maximum Gasteiger partial charge on any atom is 0.290 e. The van der Waals surface area contributed by atoms with Crippen LogP contribution in [0.3, 0.4) is 0 Å². The maximum atomic E-state index is 13.5. The van der Waals surface area contributed by atoms with Crippen molar-refractivity contribution in [2.45, 2.75) is 39.7 Å². The van der Waals surface area contributed by atoms with Gasteiger partial charge >= 0.3 is 0 Å². The molecule has 1 amide bonds. The molecule has 9 heteroatoms. The lowest BCUT2D eigenvalue weighted by molar-refractivity contribution is -0.129. The monoisotopic (exact) mass is 526 g/mol.